The lowest BCUT2D eigenvalue weighted by molar-refractivity contribution is -0.138. The summed E-state index contributed by atoms with van der Waals surface area (Å²) in [5, 5.41) is 2.37. The maximum atomic E-state index is 13.2. The molecule has 0 atom stereocenters. The molecule has 1 saturated heterocycles. The predicted octanol–water partition coefficient (Wildman–Crippen LogP) is 2.34. The maximum Gasteiger partial charge on any atom is 0.416 e. The summed E-state index contributed by atoms with van der Waals surface area (Å²) in [6.45, 7) is 5.19. The van der Waals surface area contributed by atoms with E-state index in [0.29, 0.717) is 32.0 Å². The summed E-state index contributed by atoms with van der Waals surface area (Å²) < 4.78 is 44.9. The lowest BCUT2D eigenvalue weighted by Crippen LogP contribution is -2.36. The average molecular weight is 314 g/mol. The molecule has 0 unspecified atom stereocenters. The number of nitrogens with one attached hydrogen (secondary N) is 1. The van der Waals surface area contributed by atoms with Gasteiger partial charge >= 0.3 is 6.18 Å². The summed E-state index contributed by atoms with van der Waals surface area (Å²) >= 11 is 0. The normalized spacial score (nSPS) is 15.5. The van der Waals surface area contributed by atoms with E-state index in [1.807, 2.05) is 4.90 Å². The van der Waals surface area contributed by atoms with Crippen LogP contribution in [0.15, 0.2) is 30.9 Å². The highest BCUT2D eigenvalue weighted by Gasteiger charge is 2.34. The number of nitrogens with zero attached hydrogens (tertiary/aromatic N) is 1. The minimum atomic E-state index is -4.48. The number of morpholine rings is 1. The summed E-state index contributed by atoms with van der Waals surface area (Å²) in [6.07, 6.45) is -3.45. The molecule has 120 valence electrons. The number of anilines is 1. The van der Waals surface area contributed by atoms with Crippen LogP contribution in [0.25, 0.3) is 0 Å². The van der Waals surface area contributed by atoms with Crippen LogP contribution in [0.4, 0.5) is 18.9 Å². The van der Waals surface area contributed by atoms with Crippen molar-refractivity contribution in [1.82, 2.24) is 5.32 Å². The lowest BCUT2D eigenvalue weighted by atomic mass is 10.0. The Hall–Kier alpha value is -2.02. The molecule has 1 amide bonds. The molecule has 1 heterocycles. The molecular weight excluding hydrogens is 297 g/mol. The van der Waals surface area contributed by atoms with Gasteiger partial charge in [-0.05, 0) is 23.8 Å². The number of alkyl halides is 3. The molecule has 0 bridgehead atoms. The van der Waals surface area contributed by atoms with Crippen molar-refractivity contribution in [2.45, 2.75) is 12.7 Å². The second kappa shape index (κ2) is 6.83. The SMILES string of the molecule is C=CC(=O)NCc1ccc(N2CCOCC2)cc1C(F)(F)F. The van der Waals surface area contributed by atoms with Crippen molar-refractivity contribution in [3.63, 3.8) is 0 Å². The molecule has 1 aliphatic rings. The van der Waals surface area contributed by atoms with Gasteiger partial charge in [-0.1, -0.05) is 12.6 Å². The van der Waals surface area contributed by atoms with Gasteiger partial charge in [0.1, 0.15) is 0 Å². The predicted molar refractivity (Wildman–Crippen MR) is 76.5 cm³/mol. The highest BCUT2D eigenvalue weighted by Crippen LogP contribution is 2.34. The van der Waals surface area contributed by atoms with E-state index in [-0.39, 0.29) is 12.1 Å². The molecule has 1 fully saturated rings. The molecule has 0 spiro atoms. The van der Waals surface area contributed by atoms with Crippen molar-refractivity contribution < 1.29 is 22.7 Å². The molecule has 0 aromatic heterocycles. The first kappa shape index (κ1) is 16.4. The van der Waals surface area contributed by atoms with Gasteiger partial charge in [-0.15, -0.1) is 0 Å². The zero-order valence-corrected chi connectivity index (χ0v) is 11.9. The highest BCUT2D eigenvalue weighted by atomic mass is 19.4. The first-order chi connectivity index (χ1) is 10.4. The third-order valence-electron chi connectivity index (χ3n) is 3.41. The second-order valence-electron chi connectivity index (χ2n) is 4.86. The Morgan fingerprint density at radius 2 is 2.05 bits per heavy atom. The van der Waals surface area contributed by atoms with Crippen molar-refractivity contribution in [2.24, 2.45) is 0 Å². The van der Waals surface area contributed by atoms with Crippen molar-refractivity contribution in [3.8, 4) is 0 Å². The monoisotopic (exact) mass is 314 g/mol. The molecule has 4 nitrogen and oxygen atoms in total. The van der Waals surface area contributed by atoms with Gasteiger partial charge in [0, 0.05) is 25.3 Å². The van der Waals surface area contributed by atoms with E-state index >= 15 is 0 Å². The highest BCUT2D eigenvalue weighted by molar-refractivity contribution is 5.86. The summed E-state index contributed by atoms with van der Waals surface area (Å²) in [5.74, 6) is -0.509. The van der Waals surface area contributed by atoms with Crippen molar-refractivity contribution in [2.75, 3.05) is 31.2 Å². The number of hydrogen-bond acceptors (Lipinski definition) is 3. The largest absolute Gasteiger partial charge is 0.416 e. The number of hydrogen-bond donors (Lipinski definition) is 1. The fourth-order valence-corrected chi connectivity index (χ4v) is 2.26. The zero-order chi connectivity index (χ0) is 16.2. The Balaban J connectivity index is 2.26. The molecule has 2 rings (SSSR count). The number of carbonyl (C=O) groups is 1. The van der Waals surface area contributed by atoms with Gasteiger partial charge in [0.05, 0.1) is 18.8 Å². The van der Waals surface area contributed by atoms with Crippen LogP contribution in [0.1, 0.15) is 11.1 Å². The minimum absolute atomic E-state index is 0.0275. The van der Waals surface area contributed by atoms with Crippen molar-refractivity contribution in [1.29, 1.82) is 0 Å². The van der Waals surface area contributed by atoms with E-state index in [0.717, 1.165) is 12.1 Å². The zero-order valence-electron chi connectivity index (χ0n) is 11.9. The van der Waals surface area contributed by atoms with Crippen LogP contribution in [-0.4, -0.2) is 32.2 Å². The van der Waals surface area contributed by atoms with Crippen molar-refractivity contribution >= 4 is 11.6 Å². The summed E-state index contributed by atoms with van der Waals surface area (Å²) in [5.41, 5.74) is -0.199. The van der Waals surface area contributed by atoms with Gasteiger partial charge in [0.15, 0.2) is 0 Å². The Bertz CT molecular complexity index is 552. The molecule has 0 saturated carbocycles. The van der Waals surface area contributed by atoms with E-state index in [9.17, 15) is 18.0 Å². The van der Waals surface area contributed by atoms with Crippen LogP contribution in [0.3, 0.4) is 0 Å². The van der Waals surface area contributed by atoms with Crippen LogP contribution in [0.2, 0.25) is 0 Å². The van der Waals surface area contributed by atoms with Gasteiger partial charge in [0.25, 0.3) is 0 Å². The molecule has 1 aliphatic heterocycles. The minimum Gasteiger partial charge on any atom is -0.378 e. The molecule has 1 N–H and O–H groups in total. The van der Waals surface area contributed by atoms with Crippen LogP contribution in [0, 0.1) is 0 Å². The number of rotatable bonds is 4. The van der Waals surface area contributed by atoms with E-state index in [1.165, 1.54) is 6.07 Å². The number of halogens is 3. The van der Waals surface area contributed by atoms with E-state index in [1.54, 1.807) is 6.07 Å². The topological polar surface area (TPSA) is 41.6 Å². The van der Waals surface area contributed by atoms with Gasteiger partial charge < -0.3 is 15.0 Å². The smallest absolute Gasteiger partial charge is 0.378 e. The number of amides is 1. The molecule has 1 aromatic rings. The molecule has 1 aromatic carbocycles. The standard InChI is InChI=1S/C15H17F3N2O2/c1-2-14(21)19-10-11-3-4-12(9-13(11)15(16,17)18)20-5-7-22-8-6-20/h2-4,9H,1,5-8,10H2,(H,19,21). The summed E-state index contributed by atoms with van der Waals surface area (Å²) in [4.78, 5) is 13.0. The fourth-order valence-electron chi connectivity index (χ4n) is 2.26. The maximum absolute atomic E-state index is 13.2. The van der Waals surface area contributed by atoms with E-state index in [4.69, 9.17) is 4.74 Å². The van der Waals surface area contributed by atoms with Crippen molar-refractivity contribution in [3.05, 3.63) is 42.0 Å². The quantitative estimate of drug-likeness (QED) is 0.868. The van der Waals surface area contributed by atoms with Gasteiger partial charge in [-0.25, -0.2) is 0 Å². The first-order valence-electron chi connectivity index (χ1n) is 6.85. The van der Waals surface area contributed by atoms with Crippen LogP contribution < -0.4 is 10.2 Å². The molecule has 0 aliphatic carbocycles. The second-order valence-corrected chi connectivity index (χ2v) is 4.86. The van der Waals surface area contributed by atoms with Gasteiger partial charge in [-0.2, -0.15) is 13.2 Å². The van der Waals surface area contributed by atoms with E-state index in [2.05, 4.69) is 11.9 Å². The number of benzene rings is 1. The van der Waals surface area contributed by atoms with Crippen LogP contribution in [-0.2, 0) is 22.3 Å². The third-order valence-corrected chi connectivity index (χ3v) is 3.41. The van der Waals surface area contributed by atoms with Crippen LogP contribution >= 0.6 is 0 Å². The number of ether oxygens (including phenoxy) is 1. The van der Waals surface area contributed by atoms with Gasteiger partial charge in [-0.3, -0.25) is 4.79 Å². The first-order valence-corrected chi connectivity index (χ1v) is 6.85. The summed E-state index contributed by atoms with van der Waals surface area (Å²) in [7, 11) is 0. The molecular formula is C15H17F3N2O2. The Morgan fingerprint density at radius 3 is 2.64 bits per heavy atom. The van der Waals surface area contributed by atoms with E-state index < -0.39 is 17.6 Å². The Morgan fingerprint density at radius 1 is 1.36 bits per heavy atom. The van der Waals surface area contributed by atoms with Crippen LogP contribution in [0.5, 0.6) is 0 Å². The Labute approximate surface area is 126 Å². The lowest BCUT2D eigenvalue weighted by Gasteiger charge is -2.29. The number of carbonyl (C=O) groups excluding carboxylic acids is 1. The fraction of sp³-hybridized carbons (Fsp3) is 0.400. The third kappa shape index (κ3) is 4.00. The summed E-state index contributed by atoms with van der Waals surface area (Å²) in [6, 6.07) is 4.16. The molecule has 0 radical (unpaired) electrons. The average Bonchev–Trinajstić information content (AvgIpc) is 2.52. The molecule has 7 heteroatoms. The Kier molecular flexibility index (Phi) is 5.07. The van der Waals surface area contributed by atoms with Gasteiger partial charge in [0.2, 0.25) is 5.91 Å². The molecule has 22 heavy (non-hydrogen) atoms.